The van der Waals surface area contributed by atoms with Gasteiger partial charge >= 0.3 is 0 Å². The van der Waals surface area contributed by atoms with Crippen molar-refractivity contribution in [2.45, 2.75) is 74.5 Å². The monoisotopic (exact) mass is 1090 g/mol. The summed E-state index contributed by atoms with van der Waals surface area (Å²) in [5.41, 5.74) is 17.3. The van der Waals surface area contributed by atoms with Crippen molar-refractivity contribution in [2.75, 3.05) is 59.0 Å². The van der Waals surface area contributed by atoms with Gasteiger partial charge in [0, 0.05) is 69.3 Å². The van der Waals surface area contributed by atoms with E-state index in [1.807, 2.05) is 107 Å². The van der Waals surface area contributed by atoms with Crippen LogP contribution in [0.4, 0.5) is 4.39 Å². The molecule has 422 valence electrons. The fraction of sp³-hybridized carbons (Fsp3) is 0.313. The van der Waals surface area contributed by atoms with E-state index in [-0.39, 0.29) is 72.1 Å². The Hall–Kier alpha value is -8.01. The third-order valence-corrected chi connectivity index (χ3v) is 15.0. The molecule has 81 heavy (non-hydrogen) atoms. The van der Waals surface area contributed by atoms with Crippen LogP contribution in [0.25, 0.3) is 16.8 Å². The Kier molecular flexibility index (Phi) is 22.7. The number of hydrogen-bond donors (Lipinski definition) is 6. The van der Waals surface area contributed by atoms with E-state index in [1.54, 1.807) is 6.08 Å². The van der Waals surface area contributed by atoms with E-state index in [1.165, 1.54) is 40.8 Å². The van der Waals surface area contributed by atoms with E-state index in [0.29, 0.717) is 77.4 Å². The Balaban J connectivity index is 0.000000213. The molecule has 4 amide bonds. The minimum absolute atomic E-state index is 0.0216. The second-order valence-electron chi connectivity index (χ2n) is 20.8. The molecule has 2 aliphatic rings. The molecule has 7 aromatic rings. The molecule has 0 aliphatic carbocycles. The predicted molar refractivity (Wildman–Crippen MR) is 321 cm³/mol. The first-order valence-electron chi connectivity index (χ1n) is 28.4. The Morgan fingerprint density at radius 3 is 1.49 bits per heavy atom. The van der Waals surface area contributed by atoms with Gasteiger partial charge in [0.1, 0.15) is 11.6 Å². The van der Waals surface area contributed by atoms with Crippen molar-refractivity contribution in [3.63, 3.8) is 0 Å². The Labute approximate surface area is 476 Å². The molecular weight excluding hydrogens is 1020 g/mol. The highest BCUT2D eigenvalue weighted by Gasteiger charge is 2.34. The first kappa shape index (κ1) is 59.1. The molecule has 0 aromatic heterocycles. The van der Waals surface area contributed by atoms with Gasteiger partial charge in [0.25, 0.3) is 5.91 Å². The number of ether oxygens (including phenoxy) is 1. The largest absolute Gasteiger partial charge is 0.484 e. The number of halogens is 1. The summed E-state index contributed by atoms with van der Waals surface area (Å²) in [5, 5.41) is 15.3. The van der Waals surface area contributed by atoms with Crippen molar-refractivity contribution in [3.8, 4) is 5.75 Å². The van der Waals surface area contributed by atoms with Gasteiger partial charge < -0.3 is 47.3 Å². The summed E-state index contributed by atoms with van der Waals surface area (Å²) in [6.45, 7) is 4.04. The fourth-order valence-electron chi connectivity index (χ4n) is 10.6. The van der Waals surface area contributed by atoms with Crippen molar-refractivity contribution in [2.24, 2.45) is 11.5 Å². The van der Waals surface area contributed by atoms with Crippen LogP contribution in [-0.4, -0.2) is 117 Å². The highest BCUT2D eigenvalue weighted by molar-refractivity contribution is 5.93. The normalized spacial score (nSPS) is 17.6. The zero-order valence-electron chi connectivity index (χ0n) is 46.1. The molecule has 13 nitrogen and oxygen atoms in total. The van der Waals surface area contributed by atoms with Gasteiger partial charge in [0.05, 0.1) is 12.1 Å². The zero-order valence-corrected chi connectivity index (χ0v) is 46.1. The van der Waals surface area contributed by atoms with Gasteiger partial charge in [-0.1, -0.05) is 158 Å². The summed E-state index contributed by atoms with van der Waals surface area (Å²) in [7, 11) is 0. The maximum absolute atomic E-state index is 13.8. The first-order valence-corrected chi connectivity index (χ1v) is 28.4. The van der Waals surface area contributed by atoms with Crippen LogP contribution < -0.4 is 37.5 Å². The number of carbonyl (C=O) groups excluding carboxylic acids is 4. The van der Waals surface area contributed by atoms with E-state index in [4.69, 9.17) is 16.2 Å². The van der Waals surface area contributed by atoms with Crippen LogP contribution in [0, 0.1) is 5.82 Å². The molecule has 0 unspecified atom stereocenters. The molecule has 0 radical (unpaired) electrons. The van der Waals surface area contributed by atoms with Crippen LogP contribution in [0.15, 0.2) is 194 Å². The Bertz CT molecular complexity index is 3000. The number of benzene rings is 7. The standard InChI is InChI=1S/C36H40N4O2.C31H37FN4O3/c37-22-9-16-34-36(42)40(26-33(29-11-3-1-4-12-29)30-13-5-2-6-14-30)23-21-32(39-34)25-38-35(41)20-18-27-17-19-28-10-7-8-15-31(28)24-27;32-25-13-15-27(16-14-25)39-22-30(37)34-20-26-17-19-36(31(38)29(35-26)12-7-18-33)21-28(23-8-3-1-4-9-23)24-10-5-2-6-11-24/h1-8,10-15,17-20,24,32-34,39H,9,16,21-23,25-26,37H2,(H,38,41);1-6,8-11,13-16,26,28-29,35H,7,12,17-22,33H2,(H,34,37)/t32-,34-;26-,29-/m00/s1. The number of nitrogens with zero attached hydrogens (tertiary/aromatic N) is 2. The highest BCUT2D eigenvalue weighted by atomic mass is 19.1. The van der Waals surface area contributed by atoms with Gasteiger partial charge in [-0.3, -0.25) is 19.2 Å². The zero-order chi connectivity index (χ0) is 56.6. The van der Waals surface area contributed by atoms with E-state index in [2.05, 4.69) is 94.1 Å². The molecule has 0 saturated carbocycles. The number of nitrogens with two attached hydrogens (primary N) is 2. The molecular formula is C67H77FN8O5. The lowest BCUT2D eigenvalue weighted by Gasteiger charge is -2.29. The Morgan fingerprint density at radius 1 is 0.580 bits per heavy atom. The number of carbonyl (C=O) groups is 4. The third-order valence-electron chi connectivity index (χ3n) is 15.0. The predicted octanol–water partition coefficient (Wildman–Crippen LogP) is 8.55. The van der Waals surface area contributed by atoms with Crippen LogP contribution in [0.1, 0.15) is 78.2 Å². The lowest BCUT2D eigenvalue weighted by molar-refractivity contribution is -0.133. The summed E-state index contributed by atoms with van der Waals surface area (Å²) < 4.78 is 18.5. The third kappa shape index (κ3) is 18.0. The quantitative estimate of drug-likeness (QED) is 0.0342. The number of nitrogens with one attached hydrogen (secondary N) is 4. The van der Waals surface area contributed by atoms with Gasteiger partial charge in [-0.05, 0) is 127 Å². The number of amides is 4. The van der Waals surface area contributed by atoms with E-state index < -0.39 is 0 Å². The van der Waals surface area contributed by atoms with Crippen LogP contribution >= 0.6 is 0 Å². The molecule has 0 bridgehead atoms. The summed E-state index contributed by atoms with van der Waals surface area (Å²) >= 11 is 0. The summed E-state index contributed by atoms with van der Waals surface area (Å²) in [4.78, 5) is 56.6. The average molecular weight is 1090 g/mol. The van der Waals surface area contributed by atoms with E-state index >= 15 is 0 Å². The van der Waals surface area contributed by atoms with E-state index in [0.717, 1.165) is 41.3 Å². The molecule has 2 fully saturated rings. The molecule has 2 aliphatic heterocycles. The van der Waals surface area contributed by atoms with Gasteiger partial charge in [0.2, 0.25) is 17.7 Å². The highest BCUT2D eigenvalue weighted by Crippen LogP contribution is 2.29. The van der Waals surface area contributed by atoms with Crippen molar-refractivity contribution in [1.29, 1.82) is 0 Å². The van der Waals surface area contributed by atoms with Crippen molar-refractivity contribution < 1.29 is 28.3 Å². The van der Waals surface area contributed by atoms with Crippen LogP contribution in [-0.2, 0) is 19.2 Å². The lowest BCUT2D eigenvalue weighted by atomic mass is 9.90. The van der Waals surface area contributed by atoms with Crippen molar-refractivity contribution in [1.82, 2.24) is 31.1 Å². The minimum Gasteiger partial charge on any atom is -0.484 e. The van der Waals surface area contributed by atoms with Crippen molar-refractivity contribution >= 4 is 40.5 Å². The Morgan fingerprint density at radius 2 is 1.02 bits per heavy atom. The van der Waals surface area contributed by atoms with Gasteiger partial charge in [0.15, 0.2) is 6.61 Å². The maximum atomic E-state index is 13.8. The molecule has 2 saturated heterocycles. The number of rotatable bonds is 23. The van der Waals surface area contributed by atoms with Crippen LogP contribution in [0.2, 0.25) is 0 Å². The molecule has 8 N–H and O–H groups in total. The molecule has 2 heterocycles. The smallest absolute Gasteiger partial charge is 0.257 e. The lowest BCUT2D eigenvalue weighted by Crippen LogP contribution is -2.49. The van der Waals surface area contributed by atoms with Crippen molar-refractivity contribution in [3.05, 3.63) is 228 Å². The SMILES string of the molecule is NCCC[C@@H]1N[C@H](CNC(=O)C=Cc2ccc3ccccc3c2)CCN(CC(c2ccccc2)c2ccccc2)C1=O.NCCC[C@@H]1N[C@H](CNC(=O)COc2ccc(F)cc2)CCN(CC(c2ccccc2)c2ccccc2)C1=O. The second-order valence-corrected chi connectivity index (χ2v) is 20.8. The maximum Gasteiger partial charge on any atom is 0.257 e. The molecule has 4 atom stereocenters. The van der Waals surface area contributed by atoms with Gasteiger partial charge in [-0.2, -0.15) is 0 Å². The molecule has 7 aromatic carbocycles. The van der Waals surface area contributed by atoms with Gasteiger partial charge in [-0.15, -0.1) is 0 Å². The van der Waals surface area contributed by atoms with E-state index in [9.17, 15) is 23.6 Å². The first-order chi connectivity index (χ1) is 39.6. The number of fused-ring (bicyclic) bond motifs is 1. The number of hydrogen-bond acceptors (Lipinski definition) is 9. The summed E-state index contributed by atoms with van der Waals surface area (Å²) in [6.07, 6.45) is 7.63. The fourth-order valence-corrected chi connectivity index (χ4v) is 10.6. The van der Waals surface area contributed by atoms with Gasteiger partial charge in [-0.25, -0.2) is 4.39 Å². The van der Waals surface area contributed by atoms with Crippen LogP contribution in [0.3, 0.4) is 0 Å². The molecule has 0 spiro atoms. The van der Waals surface area contributed by atoms with Crippen LogP contribution in [0.5, 0.6) is 5.75 Å². The molecule has 9 rings (SSSR count). The second kappa shape index (κ2) is 31.1. The average Bonchev–Trinajstić information content (AvgIpc) is 3.87. The topological polar surface area (TPSA) is 184 Å². The summed E-state index contributed by atoms with van der Waals surface area (Å²) in [6, 6.07) is 60.4. The summed E-state index contributed by atoms with van der Waals surface area (Å²) in [5.74, 6) is -0.0793. The molecule has 14 heteroatoms. The minimum atomic E-state index is -0.374.